The molecule has 1 aromatic heterocycles. The molecular formula is C13H13BrN4O. The first-order valence-corrected chi connectivity index (χ1v) is 6.47. The van der Waals surface area contributed by atoms with Crippen LogP contribution in [0.25, 0.3) is 0 Å². The molecule has 0 atom stereocenters. The number of nitrogen functional groups attached to an aromatic ring is 1. The quantitative estimate of drug-likeness (QED) is 0.848. The van der Waals surface area contributed by atoms with Gasteiger partial charge in [-0.1, -0.05) is 0 Å². The molecule has 0 saturated carbocycles. The topological polar surface area (TPSA) is 80.9 Å². The highest BCUT2D eigenvalue weighted by molar-refractivity contribution is 9.10. The van der Waals surface area contributed by atoms with Crippen LogP contribution in [-0.4, -0.2) is 15.9 Å². The van der Waals surface area contributed by atoms with Crippen LogP contribution in [0.3, 0.4) is 0 Å². The number of hydrogen-bond donors (Lipinski definition) is 2. The Morgan fingerprint density at radius 1 is 1.42 bits per heavy atom. The molecule has 1 aromatic carbocycles. The second-order valence-corrected chi connectivity index (χ2v) is 4.87. The highest BCUT2D eigenvalue weighted by Crippen LogP contribution is 2.20. The molecule has 98 valence electrons. The Hall–Kier alpha value is -1.95. The van der Waals surface area contributed by atoms with E-state index in [2.05, 4.69) is 31.2 Å². The summed E-state index contributed by atoms with van der Waals surface area (Å²) in [6.07, 6.45) is 1.67. The third-order valence-electron chi connectivity index (χ3n) is 2.52. The predicted molar refractivity (Wildman–Crippen MR) is 76.5 cm³/mol. The van der Waals surface area contributed by atoms with Gasteiger partial charge in [-0.2, -0.15) is 0 Å². The number of aryl methyl sites for hydroxylation is 1. The summed E-state index contributed by atoms with van der Waals surface area (Å²) in [6, 6.07) is 6.86. The number of nitrogens with one attached hydrogen (secondary N) is 1. The Balaban J connectivity index is 2.03. The van der Waals surface area contributed by atoms with Crippen molar-refractivity contribution in [2.75, 3.05) is 5.73 Å². The van der Waals surface area contributed by atoms with E-state index in [0.29, 0.717) is 23.6 Å². The van der Waals surface area contributed by atoms with Gasteiger partial charge in [0.25, 0.3) is 5.91 Å². The van der Waals surface area contributed by atoms with Gasteiger partial charge >= 0.3 is 0 Å². The van der Waals surface area contributed by atoms with Crippen molar-refractivity contribution in [1.82, 2.24) is 15.3 Å². The first kappa shape index (κ1) is 13.5. The summed E-state index contributed by atoms with van der Waals surface area (Å²) >= 11 is 3.29. The molecule has 2 aromatic rings. The number of carbonyl (C=O) groups is 1. The van der Waals surface area contributed by atoms with Crippen molar-refractivity contribution in [2.45, 2.75) is 13.5 Å². The number of halogens is 1. The molecule has 0 aliphatic heterocycles. The Morgan fingerprint density at radius 3 is 2.89 bits per heavy atom. The normalized spacial score (nSPS) is 10.2. The van der Waals surface area contributed by atoms with E-state index in [4.69, 9.17) is 5.73 Å². The summed E-state index contributed by atoms with van der Waals surface area (Å²) in [7, 11) is 0. The minimum Gasteiger partial charge on any atom is -0.398 e. The lowest BCUT2D eigenvalue weighted by molar-refractivity contribution is 0.0950. The molecule has 0 unspecified atom stereocenters. The van der Waals surface area contributed by atoms with Gasteiger partial charge in [-0.15, -0.1) is 0 Å². The molecular weight excluding hydrogens is 308 g/mol. The fourth-order valence-electron chi connectivity index (χ4n) is 1.56. The van der Waals surface area contributed by atoms with Gasteiger partial charge in [-0.05, 0) is 47.1 Å². The standard InChI is InChI=1S/C13H13BrN4O/c1-8-16-5-4-10(18-8)7-17-13(19)9-2-3-11(14)12(15)6-9/h2-6H,7,15H2,1H3,(H,17,19). The number of nitrogens with zero attached hydrogens (tertiary/aromatic N) is 2. The van der Waals surface area contributed by atoms with Crippen molar-refractivity contribution in [2.24, 2.45) is 0 Å². The fourth-order valence-corrected chi connectivity index (χ4v) is 1.81. The molecule has 3 N–H and O–H groups in total. The van der Waals surface area contributed by atoms with Gasteiger partial charge in [-0.25, -0.2) is 9.97 Å². The van der Waals surface area contributed by atoms with Crippen LogP contribution in [0, 0.1) is 6.92 Å². The molecule has 1 heterocycles. The Bertz CT molecular complexity index is 615. The van der Waals surface area contributed by atoms with E-state index >= 15 is 0 Å². The van der Waals surface area contributed by atoms with E-state index in [-0.39, 0.29) is 5.91 Å². The summed E-state index contributed by atoms with van der Waals surface area (Å²) in [5, 5.41) is 2.79. The molecule has 5 nitrogen and oxygen atoms in total. The maximum Gasteiger partial charge on any atom is 0.251 e. The Labute approximate surface area is 119 Å². The maximum absolute atomic E-state index is 11.9. The van der Waals surface area contributed by atoms with Crippen LogP contribution in [0.4, 0.5) is 5.69 Å². The largest absolute Gasteiger partial charge is 0.398 e. The third-order valence-corrected chi connectivity index (χ3v) is 3.24. The van der Waals surface area contributed by atoms with Crippen molar-refractivity contribution in [3.8, 4) is 0 Å². The van der Waals surface area contributed by atoms with Crippen LogP contribution in [-0.2, 0) is 6.54 Å². The summed E-state index contributed by atoms with van der Waals surface area (Å²) in [5.74, 6) is 0.495. The number of hydrogen-bond acceptors (Lipinski definition) is 4. The lowest BCUT2D eigenvalue weighted by atomic mass is 10.2. The van der Waals surface area contributed by atoms with Gasteiger partial charge < -0.3 is 11.1 Å². The van der Waals surface area contributed by atoms with Gasteiger partial charge in [0.05, 0.1) is 12.2 Å². The average Bonchev–Trinajstić information content (AvgIpc) is 2.39. The van der Waals surface area contributed by atoms with Crippen LogP contribution < -0.4 is 11.1 Å². The second-order valence-electron chi connectivity index (χ2n) is 4.01. The molecule has 0 spiro atoms. The van der Waals surface area contributed by atoms with Crippen LogP contribution >= 0.6 is 15.9 Å². The lowest BCUT2D eigenvalue weighted by Gasteiger charge is -2.06. The molecule has 0 saturated heterocycles. The lowest BCUT2D eigenvalue weighted by Crippen LogP contribution is -2.23. The number of benzene rings is 1. The smallest absolute Gasteiger partial charge is 0.251 e. The average molecular weight is 321 g/mol. The van der Waals surface area contributed by atoms with E-state index in [0.717, 1.165) is 10.2 Å². The molecule has 0 aliphatic rings. The Morgan fingerprint density at radius 2 is 2.21 bits per heavy atom. The maximum atomic E-state index is 11.9. The van der Waals surface area contributed by atoms with E-state index in [1.807, 2.05) is 0 Å². The highest BCUT2D eigenvalue weighted by atomic mass is 79.9. The molecule has 19 heavy (non-hydrogen) atoms. The zero-order valence-corrected chi connectivity index (χ0v) is 11.9. The number of carbonyl (C=O) groups excluding carboxylic acids is 1. The third kappa shape index (κ3) is 3.51. The number of aromatic nitrogens is 2. The molecule has 0 bridgehead atoms. The monoisotopic (exact) mass is 320 g/mol. The van der Waals surface area contributed by atoms with Crippen LogP contribution in [0.2, 0.25) is 0 Å². The van der Waals surface area contributed by atoms with E-state index < -0.39 is 0 Å². The zero-order valence-electron chi connectivity index (χ0n) is 10.4. The summed E-state index contributed by atoms with van der Waals surface area (Å²) in [6.45, 7) is 2.17. The molecule has 6 heteroatoms. The highest BCUT2D eigenvalue weighted by Gasteiger charge is 2.07. The predicted octanol–water partition coefficient (Wildman–Crippen LogP) is 2.06. The fraction of sp³-hybridized carbons (Fsp3) is 0.154. The van der Waals surface area contributed by atoms with Crippen molar-refractivity contribution in [3.05, 3.63) is 52.0 Å². The minimum absolute atomic E-state index is 0.185. The van der Waals surface area contributed by atoms with Gasteiger partial charge in [0.2, 0.25) is 0 Å². The minimum atomic E-state index is -0.185. The molecule has 0 fully saturated rings. The number of amides is 1. The van der Waals surface area contributed by atoms with Crippen molar-refractivity contribution < 1.29 is 4.79 Å². The number of anilines is 1. The first-order valence-electron chi connectivity index (χ1n) is 5.68. The molecule has 0 aliphatic carbocycles. The van der Waals surface area contributed by atoms with E-state index in [9.17, 15) is 4.79 Å². The van der Waals surface area contributed by atoms with Crippen molar-refractivity contribution >= 4 is 27.5 Å². The van der Waals surface area contributed by atoms with Crippen LogP contribution in [0.5, 0.6) is 0 Å². The summed E-state index contributed by atoms with van der Waals surface area (Å²) < 4.78 is 0.774. The molecule has 1 amide bonds. The second kappa shape index (κ2) is 5.79. The van der Waals surface area contributed by atoms with Gasteiger partial charge in [0.15, 0.2) is 0 Å². The number of nitrogens with two attached hydrogens (primary N) is 1. The van der Waals surface area contributed by atoms with Crippen molar-refractivity contribution in [3.63, 3.8) is 0 Å². The summed E-state index contributed by atoms with van der Waals surface area (Å²) in [5.41, 5.74) is 7.56. The summed E-state index contributed by atoms with van der Waals surface area (Å²) in [4.78, 5) is 20.2. The van der Waals surface area contributed by atoms with Gasteiger partial charge in [-0.3, -0.25) is 4.79 Å². The SMILES string of the molecule is Cc1nccc(CNC(=O)c2ccc(Br)c(N)c2)n1. The van der Waals surface area contributed by atoms with Crippen LogP contribution in [0.1, 0.15) is 21.9 Å². The van der Waals surface area contributed by atoms with Gasteiger partial charge in [0.1, 0.15) is 5.82 Å². The molecule has 2 rings (SSSR count). The van der Waals surface area contributed by atoms with Crippen LogP contribution in [0.15, 0.2) is 34.9 Å². The number of rotatable bonds is 3. The Kier molecular flexibility index (Phi) is 4.11. The van der Waals surface area contributed by atoms with E-state index in [1.165, 1.54) is 0 Å². The van der Waals surface area contributed by atoms with Crippen molar-refractivity contribution in [1.29, 1.82) is 0 Å². The van der Waals surface area contributed by atoms with E-state index in [1.54, 1.807) is 37.4 Å². The zero-order chi connectivity index (χ0) is 13.8. The first-order chi connectivity index (χ1) is 9.06. The van der Waals surface area contributed by atoms with Gasteiger partial charge in [0, 0.05) is 21.9 Å². The molecule has 0 radical (unpaired) electrons.